The number of aliphatic hydroxyl groups excluding tert-OH is 1. The first-order valence-corrected chi connectivity index (χ1v) is 9.89. The molecule has 1 aliphatic rings. The fourth-order valence-corrected chi connectivity index (χ4v) is 3.20. The van der Waals surface area contributed by atoms with Crippen molar-refractivity contribution in [3.63, 3.8) is 0 Å². The zero-order valence-electron chi connectivity index (χ0n) is 16.3. The van der Waals surface area contributed by atoms with E-state index in [2.05, 4.69) is 6.92 Å². The second-order valence-corrected chi connectivity index (χ2v) is 7.23. The van der Waals surface area contributed by atoms with Crippen molar-refractivity contribution in [1.82, 2.24) is 4.90 Å². The van der Waals surface area contributed by atoms with Crippen molar-refractivity contribution in [2.75, 3.05) is 14.1 Å². The number of unbranched alkanes of at least 4 members (excludes halogenated alkanes) is 10. The number of likely N-dealkylation sites (N-methyl/N-ethyl adjacent to an activating group) is 1. The Kier molecular flexibility index (Phi) is 10.2. The lowest BCUT2D eigenvalue weighted by Crippen LogP contribution is -2.27. The molecule has 4 heteroatoms. The topological polar surface area (TPSA) is 57.6 Å². The van der Waals surface area contributed by atoms with Gasteiger partial charge in [0.2, 0.25) is 11.6 Å². The van der Waals surface area contributed by atoms with Crippen LogP contribution in [0.4, 0.5) is 0 Å². The number of carbonyl (C=O) groups excluding carboxylic acids is 2. The summed E-state index contributed by atoms with van der Waals surface area (Å²) in [7, 11) is 3.47. The number of nitrogens with zero attached hydrogens (tertiary/aromatic N) is 1. The molecule has 0 unspecified atom stereocenters. The molecule has 0 bridgehead atoms. The fourth-order valence-electron chi connectivity index (χ4n) is 3.20. The Bertz CT molecular complexity index is 503. The van der Waals surface area contributed by atoms with Gasteiger partial charge in [-0.1, -0.05) is 71.1 Å². The summed E-state index contributed by atoms with van der Waals surface area (Å²) < 4.78 is 0. The number of ketones is 2. The fraction of sp³-hybridized carbons (Fsp3) is 0.714. The van der Waals surface area contributed by atoms with E-state index in [-0.39, 0.29) is 17.1 Å². The molecule has 0 radical (unpaired) electrons. The predicted octanol–water partition coefficient (Wildman–Crippen LogP) is 5.10. The van der Waals surface area contributed by atoms with Gasteiger partial charge in [0.1, 0.15) is 0 Å². The van der Waals surface area contributed by atoms with Crippen LogP contribution in [0.2, 0.25) is 0 Å². The van der Waals surface area contributed by atoms with Gasteiger partial charge in [-0.15, -0.1) is 0 Å². The van der Waals surface area contributed by atoms with E-state index >= 15 is 0 Å². The molecule has 0 aromatic rings. The maximum absolute atomic E-state index is 12.4. The molecule has 4 nitrogen and oxygen atoms in total. The molecule has 0 amide bonds. The lowest BCUT2D eigenvalue weighted by molar-refractivity contribution is -0.118. The second kappa shape index (κ2) is 11.9. The van der Waals surface area contributed by atoms with E-state index in [1.54, 1.807) is 19.0 Å². The maximum atomic E-state index is 12.4. The lowest BCUT2D eigenvalue weighted by Gasteiger charge is -2.21. The van der Waals surface area contributed by atoms with E-state index in [0.29, 0.717) is 12.1 Å². The number of carbonyl (C=O) groups is 2. The number of hydrogen-bond donors (Lipinski definition) is 1. The second-order valence-electron chi connectivity index (χ2n) is 7.23. The quantitative estimate of drug-likeness (QED) is 0.371. The van der Waals surface area contributed by atoms with E-state index in [4.69, 9.17) is 0 Å². The Morgan fingerprint density at radius 1 is 0.840 bits per heavy atom. The molecule has 0 atom stereocenters. The summed E-state index contributed by atoms with van der Waals surface area (Å²) in [5, 5.41) is 9.91. The van der Waals surface area contributed by atoms with Crippen LogP contribution in [0.3, 0.4) is 0 Å². The molecule has 1 aliphatic carbocycles. The average Bonchev–Trinajstić information content (AvgIpc) is 2.58. The third-order valence-electron chi connectivity index (χ3n) is 4.81. The highest BCUT2D eigenvalue weighted by Gasteiger charge is 2.28. The first-order chi connectivity index (χ1) is 12.0. The number of allylic oxidation sites excluding steroid dienone is 2. The normalized spacial score (nSPS) is 14.9. The standard InChI is InChI=1S/C21H35NO3/c1-4-5-6-7-8-9-10-11-12-13-14-15-17-20(24)18(22(2)3)16-19(23)21(17)25/h16,25H,4-15H2,1-3H3. The largest absolute Gasteiger partial charge is 0.504 e. The van der Waals surface area contributed by atoms with E-state index in [1.807, 2.05) is 0 Å². The van der Waals surface area contributed by atoms with E-state index in [1.165, 1.54) is 57.4 Å². The molecule has 1 rings (SSSR count). The van der Waals surface area contributed by atoms with Crippen LogP contribution in [0.25, 0.3) is 0 Å². The molecule has 0 heterocycles. The van der Waals surface area contributed by atoms with E-state index < -0.39 is 5.78 Å². The van der Waals surface area contributed by atoms with Gasteiger partial charge in [-0.25, -0.2) is 0 Å². The number of aliphatic hydroxyl groups is 1. The van der Waals surface area contributed by atoms with Crippen LogP contribution in [0.15, 0.2) is 23.1 Å². The van der Waals surface area contributed by atoms with Crippen LogP contribution in [-0.4, -0.2) is 35.7 Å². The summed E-state index contributed by atoms with van der Waals surface area (Å²) in [5.41, 5.74) is 0.646. The Labute approximate surface area is 153 Å². The Hall–Kier alpha value is -1.58. The molecule has 25 heavy (non-hydrogen) atoms. The van der Waals surface area contributed by atoms with Crippen molar-refractivity contribution in [3.8, 4) is 0 Å². The lowest BCUT2D eigenvalue weighted by atomic mass is 9.93. The van der Waals surface area contributed by atoms with Gasteiger partial charge in [-0.3, -0.25) is 9.59 Å². The molecule has 0 aromatic carbocycles. The molecular weight excluding hydrogens is 314 g/mol. The van der Waals surface area contributed by atoms with Crippen LogP contribution in [0.1, 0.15) is 84.0 Å². The third kappa shape index (κ3) is 7.45. The molecule has 0 saturated heterocycles. The summed E-state index contributed by atoms with van der Waals surface area (Å²) >= 11 is 0. The van der Waals surface area contributed by atoms with Gasteiger partial charge in [0, 0.05) is 25.7 Å². The van der Waals surface area contributed by atoms with Gasteiger partial charge in [-0.05, 0) is 12.8 Å². The molecule has 0 saturated carbocycles. The van der Waals surface area contributed by atoms with Gasteiger partial charge < -0.3 is 10.0 Å². The smallest absolute Gasteiger partial charge is 0.222 e. The van der Waals surface area contributed by atoms with Crippen LogP contribution in [-0.2, 0) is 9.59 Å². The molecule has 142 valence electrons. The highest BCUT2D eigenvalue weighted by Crippen LogP contribution is 2.24. The van der Waals surface area contributed by atoms with Gasteiger partial charge in [0.25, 0.3) is 0 Å². The van der Waals surface area contributed by atoms with Gasteiger partial charge in [0.05, 0.1) is 5.70 Å². The SMILES string of the molecule is CCCCCCCCCCCCCC1=C(O)C(=O)C=C(N(C)C)C1=O. The van der Waals surface area contributed by atoms with Crippen molar-refractivity contribution in [3.05, 3.63) is 23.1 Å². The minimum absolute atomic E-state index is 0.214. The Morgan fingerprint density at radius 2 is 1.32 bits per heavy atom. The molecule has 0 spiro atoms. The summed E-state index contributed by atoms with van der Waals surface area (Å²) in [6.07, 6.45) is 15.3. The zero-order valence-corrected chi connectivity index (χ0v) is 16.3. The monoisotopic (exact) mass is 349 g/mol. The highest BCUT2D eigenvalue weighted by atomic mass is 16.3. The van der Waals surface area contributed by atoms with E-state index in [0.717, 1.165) is 19.3 Å². The van der Waals surface area contributed by atoms with Crippen molar-refractivity contribution in [2.45, 2.75) is 84.0 Å². The molecule has 1 N–H and O–H groups in total. The molecular formula is C21H35NO3. The van der Waals surface area contributed by atoms with Crippen LogP contribution in [0.5, 0.6) is 0 Å². The number of rotatable bonds is 13. The zero-order chi connectivity index (χ0) is 18.7. The van der Waals surface area contributed by atoms with Crippen molar-refractivity contribution in [2.24, 2.45) is 0 Å². The minimum atomic E-state index is -0.457. The summed E-state index contributed by atoms with van der Waals surface area (Å²) in [6, 6.07) is 0. The van der Waals surface area contributed by atoms with Crippen molar-refractivity contribution >= 4 is 11.6 Å². The summed E-state index contributed by atoms with van der Waals surface area (Å²) in [6.45, 7) is 2.24. The first kappa shape index (κ1) is 21.5. The Morgan fingerprint density at radius 3 is 1.80 bits per heavy atom. The summed E-state index contributed by atoms with van der Waals surface area (Å²) in [4.78, 5) is 25.8. The average molecular weight is 350 g/mol. The molecule has 0 fully saturated rings. The minimum Gasteiger partial charge on any atom is -0.504 e. The van der Waals surface area contributed by atoms with Gasteiger partial charge in [-0.2, -0.15) is 0 Å². The van der Waals surface area contributed by atoms with Crippen LogP contribution >= 0.6 is 0 Å². The first-order valence-electron chi connectivity index (χ1n) is 9.89. The third-order valence-corrected chi connectivity index (χ3v) is 4.81. The number of hydrogen-bond acceptors (Lipinski definition) is 4. The van der Waals surface area contributed by atoms with E-state index in [9.17, 15) is 14.7 Å². The summed E-state index contributed by atoms with van der Waals surface area (Å²) in [5.74, 6) is -1.03. The van der Waals surface area contributed by atoms with Gasteiger partial charge in [0.15, 0.2) is 5.76 Å². The molecule has 0 aliphatic heterocycles. The van der Waals surface area contributed by atoms with Crippen molar-refractivity contribution in [1.29, 1.82) is 0 Å². The highest BCUT2D eigenvalue weighted by molar-refractivity contribution is 6.21. The predicted molar refractivity (Wildman–Crippen MR) is 103 cm³/mol. The molecule has 0 aromatic heterocycles. The number of Topliss-reactive ketones (excluding diaryl/α,β-unsaturated/α-hetero) is 1. The van der Waals surface area contributed by atoms with Crippen LogP contribution < -0.4 is 0 Å². The Balaban J connectivity index is 2.20. The maximum Gasteiger partial charge on any atom is 0.222 e. The van der Waals surface area contributed by atoms with Gasteiger partial charge >= 0.3 is 0 Å². The van der Waals surface area contributed by atoms with Crippen LogP contribution in [0, 0.1) is 0 Å². The van der Waals surface area contributed by atoms with Crippen molar-refractivity contribution < 1.29 is 14.7 Å².